The summed E-state index contributed by atoms with van der Waals surface area (Å²) in [4.78, 5) is 2.15. The third-order valence-electron chi connectivity index (χ3n) is 4.35. The summed E-state index contributed by atoms with van der Waals surface area (Å²) in [6.45, 7) is 4.58. The van der Waals surface area contributed by atoms with Crippen LogP contribution in [0, 0.1) is 5.92 Å². The molecule has 0 saturated carbocycles. The third kappa shape index (κ3) is 3.68. The zero-order valence-electron chi connectivity index (χ0n) is 12.2. The molecular weight excluding hydrogens is 296 g/mol. The minimum atomic E-state index is -3.06. The Balaban J connectivity index is 2.16. The van der Waals surface area contributed by atoms with Gasteiger partial charge in [-0.15, -0.1) is 0 Å². The van der Waals surface area contributed by atoms with E-state index in [4.69, 9.17) is 10.5 Å². The fraction of sp³-hybridized carbons (Fsp3) is 1.00. The lowest BCUT2D eigenvalue weighted by molar-refractivity contribution is 0.00997. The zero-order valence-corrected chi connectivity index (χ0v) is 13.8. The van der Waals surface area contributed by atoms with Gasteiger partial charge in [-0.25, -0.2) is 8.42 Å². The number of nitrogens with zero attached hydrogens (tertiary/aromatic N) is 1. The van der Waals surface area contributed by atoms with E-state index in [0.717, 1.165) is 31.7 Å². The summed E-state index contributed by atoms with van der Waals surface area (Å²) in [5, 5.41) is -0.373. The lowest BCUT2D eigenvalue weighted by Crippen LogP contribution is -2.58. The lowest BCUT2D eigenvalue weighted by atomic mass is 9.92. The first-order valence-electron chi connectivity index (χ1n) is 7.43. The van der Waals surface area contributed by atoms with Crippen LogP contribution < -0.4 is 5.73 Å². The van der Waals surface area contributed by atoms with E-state index in [-0.39, 0.29) is 17.2 Å². The molecule has 118 valence electrons. The van der Waals surface area contributed by atoms with Gasteiger partial charge in [0.15, 0.2) is 9.84 Å². The van der Waals surface area contributed by atoms with Crippen LogP contribution in [0.25, 0.3) is 0 Å². The molecule has 2 heterocycles. The van der Waals surface area contributed by atoms with E-state index in [1.165, 1.54) is 0 Å². The molecule has 2 N–H and O–H groups in total. The van der Waals surface area contributed by atoms with E-state index in [1.807, 2.05) is 0 Å². The number of nitrogens with two attached hydrogens (primary N) is 1. The second-order valence-corrected chi connectivity index (χ2v) is 9.10. The number of rotatable bonds is 5. The van der Waals surface area contributed by atoms with Gasteiger partial charge in [-0.1, -0.05) is 6.92 Å². The Morgan fingerprint density at radius 2 is 2.30 bits per heavy atom. The molecule has 2 saturated heterocycles. The normalized spacial score (nSPS) is 31.1. The topological polar surface area (TPSA) is 72.6 Å². The van der Waals surface area contributed by atoms with Crippen molar-refractivity contribution in [3.05, 3.63) is 0 Å². The van der Waals surface area contributed by atoms with Gasteiger partial charge in [-0.05, 0) is 18.8 Å². The summed E-state index contributed by atoms with van der Waals surface area (Å²) in [6.07, 6.45) is 2.14. The van der Waals surface area contributed by atoms with Crippen LogP contribution in [0.15, 0.2) is 0 Å². The van der Waals surface area contributed by atoms with E-state index in [0.29, 0.717) is 24.8 Å². The molecule has 3 unspecified atom stereocenters. The van der Waals surface area contributed by atoms with Crippen LogP contribution >= 0.6 is 11.8 Å². The fourth-order valence-corrected chi connectivity index (χ4v) is 6.22. The van der Waals surface area contributed by atoms with Crippen LogP contribution in [0.5, 0.6) is 0 Å². The number of hydrogen-bond acceptors (Lipinski definition) is 6. The maximum Gasteiger partial charge on any atom is 0.166 e. The molecule has 0 aromatic heterocycles. The molecule has 0 spiro atoms. The highest BCUT2D eigenvalue weighted by atomic mass is 32.2. The number of sulfone groups is 1. The van der Waals surface area contributed by atoms with Crippen LogP contribution in [-0.2, 0) is 14.6 Å². The van der Waals surface area contributed by atoms with Gasteiger partial charge in [-0.2, -0.15) is 11.8 Å². The van der Waals surface area contributed by atoms with E-state index >= 15 is 0 Å². The van der Waals surface area contributed by atoms with Gasteiger partial charge in [0.1, 0.15) is 5.37 Å². The molecule has 2 fully saturated rings. The quantitative estimate of drug-likeness (QED) is 0.797. The summed E-state index contributed by atoms with van der Waals surface area (Å²) in [7, 11) is -3.06. The van der Waals surface area contributed by atoms with Crippen LogP contribution in [0.1, 0.15) is 19.8 Å². The third-order valence-corrected chi connectivity index (χ3v) is 7.65. The molecule has 0 aliphatic carbocycles. The van der Waals surface area contributed by atoms with Crippen molar-refractivity contribution in [1.29, 1.82) is 0 Å². The first kappa shape index (κ1) is 16.5. The monoisotopic (exact) mass is 322 g/mol. The van der Waals surface area contributed by atoms with Gasteiger partial charge in [0, 0.05) is 43.0 Å². The average Bonchev–Trinajstić information content (AvgIpc) is 2.49. The molecular formula is C13H26N2O3S2. The minimum Gasteiger partial charge on any atom is -0.381 e. The molecule has 2 rings (SSSR count). The molecule has 2 aliphatic rings. The molecule has 0 radical (unpaired) electrons. The van der Waals surface area contributed by atoms with Gasteiger partial charge in [0.2, 0.25) is 0 Å². The second kappa shape index (κ2) is 7.45. The predicted octanol–water partition coefficient (Wildman–Crippen LogP) is 0.550. The Bertz CT molecular complexity index is 396. The van der Waals surface area contributed by atoms with E-state index in [1.54, 1.807) is 18.7 Å². The fourth-order valence-electron chi connectivity index (χ4n) is 3.14. The van der Waals surface area contributed by atoms with Crippen LogP contribution in [0.4, 0.5) is 0 Å². The SMILES string of the molecule is CCS(=O)(=O)C1CSCCN1C(CN)C1CCCOC1. The van der Waals surface area contributed by atoms with Crippen molar-refractivity contribution in [2.45, 2.75) is 31.2 Å². The highest BCUT2D eigenvalue weighted by Crippen LogP contribution is 2.29. The summed E-state index contributed by atoms with van der Waals surface area (Å²) in [5.74, 6) is 2.22. The van der Waals surface area contributed by atoms with Gasteiger partial charge >= 0.3 is 0 Å². The van der Waals surface area contributed by atoms with E-state index < -0.39 is 9.84 Å². The van der Waals surface area contributed by atoms with Crippen LogP contribution in [0.2, 0.25) is 0 Å². The molecule has 0 amide bonds. The summed E-state index contributed by atoms with van der Waals surface area (Å²) >= 11 is 1.73. The minimum absolute atomic E-state index is 0.127. The van der Waals surface area contributed by atoms with Crippen LogP contribution in [0.3, 0.4) is 0 Å². The van der Waals surface area contributed by atoms with Crippen molar-refractivity contribution >= 4 is 21.6 Å². The van der Waals surface area contributed by atoms with Gasteiger partial charge in [0.25, 0.3) is 0 Å². The van der Waals surface area contributed by atoms with Crippen molar-refractivity contribution < 1.29 is 13.2 Å². The Morgan fingerprint density at radius 3 is 2.90 bits per heavy atom. The van der Waals surface area contributed by atoms with Crippen molar-refractivity contribution in [3.63, 3.8) is 0 Å². The molecule has 3 atom stereocenters. The highest BCUT2D eigenvalue weighted by molar-refractivity contribution is 8.01. The molecule has 2 aliphatic heterocycles. The molecule has 20 heavy (non-hydrogen) atoms. The lowest BCUT2D eigenvalue weighted by Gasteiger charge is -2.43. The maximum absolute atomic E-state index is 12.3. The molecule has 7 heteroatoms. The number of ether oxygens (including phenoxy) is 1. The Labute approximate surface area is 126 Å². The first-order valence-corrected chi connectivity index (χ1v) is 10.3. The zero-order chi connectivity index (χ0) is 14.6. The largest absolute Gasteiger partial charge is 0.381 e. The van der Waals surface area contributed by atoms with Gasteiger partial charge in [-0.3, -0.25) is 4.90 Å². The number of hydrogen-bond donors (Lipinski definition) is 1. The smallest absolute Gasteiger partial charge is 0.166 e. The average molecular weight is 322 g/mol. The predicted molar refractivity (Wildman–Crippen MR) is 83.7 cm³/mol. The molecule has 0 bridgehead atoms. The summed E-state index contributed by atoms with van der Waals surface area (Å²) < 4.78 is 30.2. The van der Waals surface area contributed by atoms with Crippen LogP contribution in [-0.4, -0.2) is 68.3 Å². The Morgan fingerprint density at radius 1 is 1.50 bits per heavy atom. The molecule has 0 aromatic carbocycles. The number of thioether (sulfide) groups is 1. The second-order valence-electron chi connectivity index (χ2n) is 5.50. The first-order chi connectivity index (χ1) is 9.60. The maximum atomic E-state index is 12.3. The van der Waals surface area contributed by atoms with Crippen molar-refractivity contribution in [2.75, 3.05) is 43.6 Å². The standard InChI is InChI=1S/C13H26N2O3S2/c1-2-20(16,17)13-10-19-7-5-15(13)12(8-14)11-4-3-6-18-9-11/h11-13H,2-10,14H2,1H3. The summed E-state index contributed by atoms with van der Waals surface area (Å²) in [5.41, 5.74) is 5.98. The van der Waals surface area contributed by atoms with Gasteiger partial charge in [0.05, 0.1) is 6.61 Å². The van der Waals surface area contributed by atoms with Gasteiger partial charge < -0.3 is 10.5 Å². The molecule has 5 nitrogen and oxygen atoms in total. The Kier molecular flexibility index (Phi) is 6.16. The van der Waals surface area contributed by atoms with E-state index in [9.17, 15) is 8.42 Å². The Hall–Kier alpha value is 0.180. The summed E-state index contributed by atoms with van der Waals surface area (Å²) in [6, 6.07) is 0.127. The van der Waals surface area contributed by atoms with Crippen molar-refractivity contribution in [2.24, 2.45) is 11.7 Å². The van der Waals surface area contributed by atoms with E-state index in [2.05, 4.69) is 4.90 Å². The highest BCUT2D eigenvalue weighted by Gasteiger charge is 2.39. The molecule has 0 aromatic rings. The van der Waals surface area contributed by atoms with Crippen molar-refractivity contribution in [3.8, 4) is 0 Å². The van der Waals surface area contributed by atoms with Crippen molar-refractivity contribution in [1.82, 2.24) is 4.90 Å².